The largest absolute Gasteiger partial charge is 0.497 e. The molecule has 0 heterocycles. The number of ether oxygens (including phenoxy) is 2. The molecule has 0 bridgehead atoms. The van der Waals surface area contributed by atoms with Crippen molar-refractivity contribution in [2.75, 3.05) is 27.8 Å². The molecule has 0 unspecified atom stereocenters. The molecule has 130 valence electrons. The molecule has 0 amide bonds. The smallest absolute Gasteiger partial charge is 0.414 e. The summed E-state index contributed by atoms with van der Waals surface area (Å²) in [5.41, 5.74) is 1.20. The third-order valence-corrected chi connectivity index (χ3v) is 3.01. The average molecular weight is 327 g/mol. The summed E-state index contributed by atoms with van der Waals surface area (Å²) in [5, 5.41) is 14.8. The van der Waals surface area contributed by atoms with Crippen LogP contribution in [0, 0.1) is 0 Å². The first kappa shape index (κ1) is 20.7. The van der Waals surface area contributed by atoms with E-state index in [1.54, 1.807) is 14.2 Å². The number of unbranched alkanes of at least 4 members (excludes halogenated alkanes) is 1. The van der Waals surface area contributed by atoms with Crippen LogP contribution in [0.1, 0.15) is 25.3 Å². The summed E-state index contributed by atoms with van der Waals surface area (Å²) in [4.78, 5) is 20.5. The molecule has 0 aromatic heterocycles. The molecule has 0 aliphatic carbocycles. The Kier molecular flexibility index (Phi) is 10.2. The number of carboxylic acids is 2. The van der Waals surface area contributed by atoms with Crippen LogP contribution in [-0.4, -0.2) is 54.9 Å². The van der Waals surface area contributed by atoms with Gasteiger partial charge in [-0.3, -0.25) is 0 Å². The maximum Gasteiger partial charge on any atom is 0.414 e. The number of aliphatic carboxylic acids is 2. The van der Waals surface area contributed by atoms with Crippen molar-refractivity contribution < 1.29 is 29.3 Å². The summed E-state index contributed by atoms with van der Waals surface area (Å²) in [7, 11) is 5.51. The number of rotatable bonds is 7. The van der Waals surface area contributed by atoms with Crippen molar-refractivity contribution in [1.29, 1.82) is 0 Å². The van der Waals surface area contributed by atoms with Crippen LogP contribution < -0.4 is 9.47 Å². The van der Waals surface area contributed by atoms with Gasteiger partial charge in [-0.2, -0.15) is 0 Å². The van der Waals surface area contributed by atoms with Gasteiger partial charge in [-0.05, 0) is 26.1 Å². The number of nitrogens with zero attached hydrogens (tertiary/aromatic N) is 1. The first-order valence-electron chi connectivity index (χ1n) is 7.21. The van der Waals surface area contributed by atoms with Gasteiger partial charge in [-0.15, -0.1) is 0 Å². The first-order valence-corrected chi connectivity index (χ1v) is 7.21. The summed E-state index contributed by atoms with van der Waals surface area (Å²) in [6, 6.07) is 5.98. The monoisotopic (exact) mass is 327 g/mol. The molecule has 1 aromatic rings. The van der Waals surface area contributed by atoms with Crippen LogP contribution in [0.25, 0.3) is 0 Å². The van der Waals surface area contributed by atoms with Gasteiger partial charge in [0.2, 0.25) is 0 Å². The second-order valence-corrected chi connectivity index (χ2v) is 4.88. The summed E-state index contributed by atoms with van der Waals surface area (Å²) < 4.78 is 10.6. The minimum atomic E-state index is -1.82. The summed E-state index contributed by atoms with van der Waals surface area (Å²) in [6.07, 6.45) is 2.46. The number of hydrogen-bond donors (Lipinski definition) is 2. The molecule has 0 spiro atoms. The highest BCUT2D eigenvalue weighted by atomic mass is 16.5. The number of carboxylic acid groups (broad SMARTS) is 2. The van der Waals surface area contributed by atoms with Crippen LogP contribution in [0.15, 0.2) is 18.2 Å². The molecule has 0 aliphatic heterocycles. The molecule has 23 heavy (non-hydrogen) atoms. The van der Waals surface area contributed by atoms with Gasteiger partial charge in [0.25, 0.3) is 0 Å². The lowest BCUT2D eigenvalue weighted by atomic mass is 10.1. The van der Waals surface area contributed by atoms with Crippen LogP contribution in [0.3, 0.4) is 0 Å². The molecule has 0 radical (unpaired) electrons. The Morgan fingerprint density at radius 3 is 2.17 bits per heavy atom. The fourth-order valence-corrected chi connectivity index (χ4v) is 1.78. The van der Waals surface area contributed by atoms with Crippen molar-refractivity contribution in [3.8, 4) is 11.5 Å². The Bertz CT molecular complexity index is 491. The normalized spacial score (nSPS) is 9.78. The Morgan fingerprint density at radius 1 is 1.13 bits per heavy atom. The Hall–Kier alpha value is -2.28. The topological polar surface area (TPSA) is 96.3 Å². The van der Waals surface area contributed by atoms with Gasteiger partial charge in [0.15, 0.2) is 0 Å². The maximum atomic E-state index is 9.10. The molecule has 1 aromatic carbocycles. The van der Waals surface area contributed by atoms with Gasteiger partial charge >= 0.3 is 11.9 Å². The third-order valence-electron chi connectivity index (χ3n) is 3.01. The average Bonchev–Trinajstić information content (AvgIpc) is 2.53. The van der Waals surface area contributed by atoms with Gasteiger partial charge in [0.1, 0.15) is 11.5 Å². The predicted octanol–water partition coefficient (Wildman–Crippen LogP) is 2.09. The van der Waals surface area contributed by atoms with Crippen LogP contribution in [0.2, 0.25) is 0 Å². The van der Waals surface area contributed by atoms with E-state index < -0.39 is 11.9 Å². The molecule has 2 N–H and O–H groups in total. The fraction of sp³-hybridized carbons (Fsp3) is 0.500. The van der Waals surface area contributed by atoms with E-state index in [0.717, 1.165) is 24.6 Å². The lowest BCUT2D eigenvalue weighted by molar-refractivity contribution is -0.159. The highest BCUT2D eigenvalue weighted by Crippen LogP contribution is 2.25. The van der Waals surface area contributed by atoms with E-state index >= 15 is 0 Å². The van der Waals surface area contributed by atoms with Crippen LogP contribution >= 0.6 is 0 Å². The molecular weight excluding hydrogens is 302 g/mol. The fourth-order valence-electron chi connectivity index (χ4n) is 1.78. The van der Waals surface area contributed by atoms with Gasteiger partial charge in [0.05, 0.1) is 14.2 Å². The van der Waals surface area contributed by atoms with Crippen LogP contribution in [0.4, 0.5) is 0 Å². The molecule has 0 atom stereocenters. The van der Waals surface area contributed by atoms with E-state index in [0.29, 0.717) is 0 Å². The zero-order chi connectivity index (χ0) is 17.8. The van der Waals surface area contributed by atoms with Gasteiger partial charge in [-0.1, -0.05) is 19.4 Å². The molecule has 1 rings (SSSR count). The van der Waals surface area contributed by atoms with Crippen molar-refractivity contribution in [2.24, 2.45) is 0 Å². The minimum absolute atomic E-state index is 0.835. The van der Waals surface area contributed by atoms with Crippen LogP contribution in [0.5, 0.6) is 11.5 Å². The Balaban J connectivity index is 0.000000688. The molecule has 0 fully saturated rings. The van der Waals surface area contributed by atoms with Crippen LogP contribution in [-0.2, 0) is 16.1 Å². The lowest BCUT2D eigenvalue weighted by Gasteiger charge is -2.18. The second-order valence-electron chi connectivity index (χ2n) is 4.88. The Labute approximate surface area is 136 Å². The molecule has 0 saturated heterocycles. The van der Waals surface area contributed by atoms with Gasteiger partial charge in [-0.25, -0.2) is 9.59 Å². The van der Waals surface area contributed by atoms with Crippen molar-refractivity contribution >= 4 is 11.9 Å². The number of carbonyl (C=O) groups is 2. The molecule has 7 heteroatoms. The quantitative estimate of drug-likeness (QED) is 0.740. The Morgan fingerprint density at radius 2 is 1.74 bits per heavy atom. The van der Waals surface area contributed by atoms with E-state index in [-0.39, 0.29) is 0 Å². The highest BCUT2D eigenvalue weighted by molar-refractivity contribution is 6.27. The van der Waals surface area contributed by atoms with E-state index in [9.17, 15) is 0 Å². The second kappa shape index (κ2) is 11.3. The standard InChI is InChI=1S/C14H23NO2.C2H2O4/c1-5-6-9-15(2)11-12-7-8-13(16-3)10-14(12)17-4;3-1(4)2(5)6/h7-8,10H,5-6,9,11H2,1-4H3;(H,3,4)(H,5,6). The third kappa shape index (κ3) is 8.67. The maximum absolute atomic E-state index is 9.10. The summed E-state index contributed by atoms with van der Waals surface area (Å²) in [6.45, 7) is 4.24. The summed E-state index contributed by atoms with van der Waals surface area (Å²) in [5.74, 6) is -1.92. The van der Waals surface area contributed by atoms with E-state index in [1.165, 1.54) is 18.4 Å². The number of benzene rings is 1. The van der Waals surface area contributed by atoms with Crippen molar-refractivity contribution in [3.05, 3.63) is 23.8 Å². The van der Waals surface area contributed by atoms with E-state index in [2.05, 4.69) is 24.9 Å². The lowest BCUT2D eigenvalue weighted by Crippen LogP contribution is -2.19. The molecule has 0 saturated carbocycles. The van der Waals surface area contributed by atoms with Crippen molar-refractivity contribution in [2.45, 2.75) is 26.3 Å². The van der Waals surface area contributed by atoms with Gasteiger partial charge < -0.3 is 24.6 Å². The highest BCUT2D eigenvalue weighted by Gasteiger charge is 2.07. The van der Waals surface area contributed by atoms with Crippen molar-refractivity contribution in [1.82, 2.24) is 4.90 Å². The SMILES string of the molecule is CCCCN(C)Cc1ccc(OC)cc1OC.O=C(O)C(=O)O. The molecule has 7 nitrogen and oxygen atoms in total. The predicted molar refractivity (Wildman–Crippen MR) is 86.1 cm³/mol. The summed E-state index contributed by atoms with van der Waals surface area (Å²) >= 11 is 0. The van der Waals surface area contributed by atoms with Crippen molar-refractivity contribution in [3.63, 3.8) is 0 Å². The number of hydrogen-bond acceptors (Lipinski definition) is 5. The molecule has 0 aliphatic rings. The molecular formula is C16H25NO6. The van der Waals surface area contributed by atoms with E-state index in [1.807, 2.05) is 12.1 Å². The first-order chi connectivity index (χ1) is 10.8. The zero-order valence-electron chi connectivity index (χ0n) is 14.0. The number of methoxy groups -OCH3 is 2. The zero-order valence-corrected chi connectivity index (χ0v) is 14.0. The van der Waals surface area contributed by atoms with E-state index in [4.69, 9.17) is 29.3 Å². The minimum Gasteiger partial charge on any atom is -0.497 e. The van der Waals surface area contributed by atoms with Gasteiger partial charge in [0, 0.05) is 18.2 Å².